The smallest absolute Gasteiger partial charge is 0.0625 e. The van der Waals surface area contributed by atoms with Gasteiger partial charge in [0.15, 0.2) is 0 Å². The predicted molar refractivity (Wildman–Crippen MR) is 88.8 cm³/mol. The lowest BCUT2D eigenvalue weighted by Crippen LogP contribution is -1.94. The molecular formula is C20H15N. The molecule has 0 N–H and O–H groups in total. The highest BCUT2D eigenvalue weighted by atomic mass is 14.9. The molecule has 0 aliphatic heterocycles. The Balaban J connectivity index is 2.17. The molecule has 0 saturated heterocycles. The highest BCUT2D eigenvalue weighted by Crippen LogP contribution is 2.50. The molecule has 2 aromatic carbocycles. The molecule has 0 spiro atoms. The van der Waals surface area contributed by atoms with Gasteiger partial charge in [-0.2, -0.15) is 0 Å². The van der Waals surface area contributed by atoms with Crippen LogP contribution in [0.25, 0.3) is 38.7 Å². The molecule has 1 nitrogen and oxygen atoms in total. The lowest BCUT2D eigenvalue weighted by molar-refractivity contribution is 1.11. The fourth-order valence-corrected chi connectivity index (χ4v) is 3.93. The molecule has 5 rings (SSSR count). The first kappa shape index (κ1) is 11.2. The Labute approximate surface area is 123 Å². The number of benzene rings is 2. The van der Waals surface area contributed by atoms with E-state index in [1.54, 1.807) is 0 Å². The van der Waals surface area contributed by atoms with Gasteiger partial charge < -0.3 is 4.40 Å². The molecular weight excluding hydrogens is 254 g/mol. The summed E-state index contributed by atoms with van der Waals surface area (Å²) in [5.74, 6) is 0. The molecule has 0 fully saturated rings. The topological polar surface area (TPSA) is 4.41 Å². The number of aromatic nitrogens is 1. The van der Waals surface area contributed by atoms with E-state index >= 15 is 0 Å². The Hall–Kier alpha value is -2.54. The van der Waals surface area contributed by atoms with Crippen LogP contribution in [-0.2, 0) is 0 Å². The van der Waals surface area contributed by atoms with E-state index in [4.69, 9.17) is 0 Å². The van der Waals surface area contributed by atoms with Crippen LogP contribution < -0.4 is 0 Å². The van der Waals surface area contributed by atoms with Gasteiger partial charge in [0.25, 0.3) is 0 Å². The van der Waals surface area contributed by atoms with Crippen molar-refractivity contribution < 1.29 is 0 Å². The average Bonchev–Trinajstić information content (AvgIpc) is 3.00. The summed E-state index contributed by atoms with van der Waals surface area (Å²) in [6, 6.07) is 19.9. The standard InChI is InChI=1S/C20H15N/c1-12-6-3-8-14-15-9-5-10-16-17-11-4-7-13(2)21(17)20(18(12)14)19(15)16/h3-11H,1-2H3. The number of hydrogen-bond acceptors (Lipinski definition) is 0. The van der Waals surface area contributed by atoms with Gasteiger partial charge >= 0.3 is 0 Å². The molecule has 100 valence electrons. The maximum absolute atomic E-state index is 2.42. The number of pyridine rings is 1. The Morgan fingerprint density at radius 3 is 2.43 bits per heavy atom. The van der Waals surface area contributed by atoms with Gasteiger partial charge in [-0.25, -0.2) is 0 Å². The van der Waals surface area contributed by atoms with Gasteiger partial charge in [0, 0.05) is 22.0 Å². The molecule has 21 heavy (non-hydrogen) atoms. The molecule has 0 atom stereocenters. The Morgan fingerprint density at radius 1 is 0.762 bits per heavy atom. The number of hydrogen-bond donors (Lipinski definition) is 0. The quantitative estimate of drug-likeness (QED) is 0.356. The van der Waals surface area contributed by atoms with Crippen molar-refractivity contribution in [2.45, 2.75) is 13.8 Å². The van der Waals surface area contributed by atoms with E-state index in [-0.39, 0.29) is 0 Å². The molecule has 1 aliphatic rings. The second kappa shape index (κ2) is 3.56. The summed E-state index contributed by atoms with van der Waals surface area (Å²) in [4.78, 5) is 0. The average molecular weight is 269 g/mol. The summed E-state index contributed by atoms with van der Waals surface area (Å²) in [6.07, 6.45) is 0. The van der Waals surface area contributed by atoms with Gasteiger partial charge in [0.1, 0.15) is 0 Å². The molecule has 2 aromatic heterocycles. The van der Waals surface area contributed by atoms with Crippen LogP contribution in [0.2, 0.25) is 0 Å². The van der Waals surface area contributed by atoms with Crippen molar-refractivity contribution in [3.8, 4) is 22.4 Å². The van der Waals surface area contributed by atoms with Crippen LogP contribution in [0.15, 0.2) is 54.6 Å². The Kier molecular flexibility index (Phi) is 1.89. The minimum atomic E-state index is 1.29. The van der Waals surface area contributed by atoms with Crippen molar-refractivity contribution in [3.63, 3.8) is 0 Å². The zero-order valence-corrected chi connectivity index (χ0v) is 12.1. The van der Waals surface area contributed by atoms with Crippen LogP contribution in [0.3, 0.4) is 0 Å². The summed E-state index contributed by atoms with van der Waals surface area (Å²) in [5, 5.41) is 2.78. The van der Waals surface area contributed by atoms with Gasteiger partial charge in [-0.15, -0.1) is 0 Å². The van der Waals surface area contributed by atoms with Crippen LogP contribution in [0.4, 0.5) is 0 Å². The van der Waals surface area contributed by atoms with Crippen molar-refractivity contribution in [2.24, 2.45) is 0 Å². The zero-order chi connectivity index (χ0) is 14.1. The van der Waals surface area contributed by atoms with Crippen LogP contribution in [0.1, 0.15) is 11.3 Å². The maximum atomic E-state index is 2.42. The second-order valence-electron chi connectivity index (χ2n) is 5.96. The summed E-state index contributed by atoms with van der Waals surface area (Å²) in [7, 11) is 0. The summed E-state index contributed by atoms with van der Waals surface area (Å²) in [5.41, 5.74) is 9.50. The number of nitrogens with zero attached hydrogens (tertiary/aromatic N) is 1. The Bertz CT molecular complexity index is 1050. The van der Waals surface area contributed by atoms with Gasteiger partial charge in [0.05, 0.1) is 11.2 Å². The van der Waals surface area contributed by atoms with Gasteiger partial charge in [0.2, 0.25) is 0 Å². The van der Waals surface area contributed by atoms with E-state index in [0.29, 0.717) is 0 Å². The predicted octanol–water partition coefficient (Wildman–Crippen LogP) is 5.36. The molecule has 0 amide bonds. The van der Waals surface area contributed by atoms with Crippen molar-refractivity contribution in [3.05, 3.63) is 65.9 Å². The lowest BCUT2D eigenvalue weighted by Gasteiger charge is -2.10. The lowest BCUT2D eigenvalue weighted by atomic mass is 10.0. The van der Waals surface area contributed by atoms with Crippen LogP contribution in [0, 0.1) is 13.8 Å². The van der Waals surface area contributed by atoms with Crippen LogP contribution in [0.5, 0.6) is 0 Å². The minimum Gasteiger partial charge on any atom is -0.313 e. The largest absolute Gasteiger partial charge is 0.313 e. The fraction of sp³-hybridized carbons (Fsp3) is 0.100. The van der Waals surface area contributed by atoms with Gasteiger partial charge in [-0.05, 0) is 42.7 Å². The third kappa shape index (κ3) is 1.18. The maximum Gasteiger partial charge on any atom is 0.0625 e. The van der Waals surface area contributed by atoms with E-state index in [1.165, 1.54) is 49.9 Å². The highest BCUT2D eigenvalue weighted by molar-refractivity contribution is 6.20. The molecule has 1 heteroatoms. The third-order valence-corrected chi connectivity index (χ3v) is 4.79. The number of rotatable bonds is 0. The fourth-order valence-electron chi connectivity index (χ4n) is 3.93. The monoisotopic (exact) mass is 269 g/mol. The van der Waals surface area contributed by atoms with Crippen molar-refractivity contribution in [2.75, 3.05) is 0 Å². The van der Waals surface area contributed by atoms with E-state index in [9.17, 15) is 0 Å². The second-order valence-corrected chi connectivity index (χ2v) is 5.96. The first-order valence-corrected chi connectivity index (χ1v) is 7.40. The minimum absolute atomic E-state index is 1.29. The van der Waals surface area contributed by atoms with Gasteiger partial charge in [-0.1, -0.05) is 42.5 Å². The molecule has 0 unspecified atom stereocenters. The number of fused-ring (bicyclic) bond motifs is 6. The first-order chi connectivity index (χ1) is 10.3. The van der Waals surface area contributed by atoms with E-state index in [0.717, 1.165) is 0 Å². The van der Waals surface area contributed by atoms with E-state index in [1.807, 2.05) is 0 Å². The van der Waals surface area contributed by atoms with Crippen molar-refractivity contribution in [1.82, 2.24) is 4.40 Å². The number of aryl methyl sites for hydroxylation is 2. The summed E-state index contributed by atoms with van der Waals surface area (Å²) in [6.45, 7) is 4.41. The normalized spacial score (nSPS) is 12.3. The SMILES string of the molecule is Cc1cccc2c1-c1c3c-2cccc3c2cccc(C)n12. The highest BCUT2D eigenvalue weighted by Gasteiger charge is 2.27. The van der Waals surface area contributed by atoms with Crippen molar-refractivity contribution >= 4 is 16.3 Å². The van der Waals surface area contributed by atoms with Crippen LogP contribution >= 0.6 is 0 Å². The zero-order valence-electron chi connectivity index (χ0n) is 12.1. The van der Waals surface area contributed by atoms with Crippen molar-refractivity contribution in [1.29, 1.82) is 0 Å². The summed E-state index contributed by atoms with van der Waals surface area (Å²) < 4.78 is 2.42. The summed E-state index contributed by atoms with van der Waals surface area (Å²) >= 11 is 0. The molecule has 2 heterocycles. The molecule has 4 aromatic rings. The molecule has 0 saturated carbocycles. The molecule has 1 aliphatic carbocycles. The third-order valence-electron chi connectivity index (χ3n) is 4.79. The molecule has 0 radical (unpaired) electrons. The van der Waals surface area contributed by atoms with E-state index in [2.05, 4.69) is 72.8 Å². The van der Waals surface area contributed by atoms with Gasteiger partial charge in [-0.3, -0.25) is 0 Å². The Morgan fingerprint density at radius 2 is 1.52 bits per heavy atom. The molecule has 0 bridgehead atoms. The van der Waals surface area contributed by atoms with Crippen LogP contribution in [-0.4, -0.2) is 4.40 Å². The first-order valence-electron chi connectivity index (χ1n) is 7.40. The van der Waals surface area contributed by atoms with E-state index < -0.39 is 0 Å².